The van der Waals surface area contributed by atoms with Gasteiger partial charge in [-0.2, -0.15) is 5.10 Å². The first-order chi connectivity index (χ1) is 8.99. The van der Waals surface area contributed by atoms with Gasteiger partial charge in [-0.25, -0.2) is 13.1 Å². The summed E-state index contributed by atoms with van der Waals surface area (Å²) in [5.74, 6) is 0. The highest BCUT2D eigenvalue weighted by atomic mass is 32.2. The van der Waals surface area contributed by atoms with E-state index in [0.717, 1.165) is 18.7 Å². The van der Waals surface area contributed by atoms with Crippen molar-refractivity contribution >= 4 is 10.0 Å². The van der Waals surface area contributed by atoms with Gasteiger partial charge in [-0.3, -0.25) is 4.68 Å². The van der Waals surface area contributed by atoms with E-state index in [-0.39, 0.29) is 6.04 Å². The standard InChI is InChI=1S/C12H22N4O2S/c1-4-10-12(11(5-2)16(3)14-10)19(17,18)15-9-6-7-13-8-9/h9,13,15H,4-8H2,1-3H3. The Kier molecular flexibility index (Phi) is 4.27. The van der Waals surface area contributed by atoms with Crippen LogP contribution >= 0.6 is 0 Å². The lowest BCUT2D eigenvalue weighted by molar-refractivity contribution is 0.557. The van der Waals surface area contributed by atoms with Gasteiger partial charge in [-0.15, -0.1) is 0 Å². The maximum atomic E-state index is 12.6. The molecular weight excluding hydrogens is 264 g/mol. The molecule has 2 heterocycles. The summed E-state index contributed by atoms with van der Waals surface area (Å²) in [4.78, 5) is 0.381. The van der Waals surface area contributed by atoms with Crippen molar-refractivity contribution in [3.63, 3.8) is 0 Å². The molecule has 2 rings (SSSR count). The normalized spacial score (nSPS) is 20.1. The van der Waals surface area contributed by atoms with Crippen LogP contribution in [0.3, 0.4) is 0 Å². The summed E-state index contributed by atoms with van der Waals surface area (Å²) >= 11 is 0. The van der Waals surface area contributed by atoms with Crippen molar-refractivity contribution in [1.82, 2.24) is 19.8 Å². The summed E-state index contributed by atoms with van der Waals surface area (Å²) in [7, 11) is -1.68. The van der Waals surface area contributed by atoms with Gasteiger partial charge in [0.25, 0.3) is 0 Å². The van der Waals surface area contributed by atoms with Crippen molar-refractivity contribution in [1.29, 1.82) is 0 Å². The molecule has 1 atom stereocenters. The zero-order valence-corrected chi connectivity index (χ0v) is 12.5. The Hall–Kier alpha value is -0.920. The number of nitrogens with zero attached hydrogens (tertiary/aromatic N) is 2. The van der Waals surface area contributed by atoms with E-state index >= 15 is 0 Å². The average Bonchev–Trinajstić information content (AvgIpc) is 2.95. The molecule has 0 amide bonds. The summed E-state index contributed by atoms with van der Waals surface area (Å²) in [5.41, 5.74) is 1.42. The van der Waals surface area contributed by atoms with E-state index in [1.54, 1.807) is 11.7 Å². The van der Waals surface area contributed by atoms with E-state index in [9.17, 15) is 8.42 Å². The third kappa shape index (κ3) is 2.82. The molecule has 1 aromatic heterocycles. The number of nitrogens with one attached hydrogen (secondary N) is 2. The van der Waals surface area contributed by atoms with E-state index in [0.29, 0.717) is 30.0 Å². The summed E-state index contributed by atoms with van der Waals surface area (Å²) in [6, 6.07) is -0.0142. The zero-order chi connectivity index (χ0) is 14.0. The molecule has 1 unspecified atom stereocenters. The molecule has 1 aliphatic heterocycles. The minimum absolute atomic E-state index is 0.0142. The maximum absolute atomic E-state index is 12.6. The molecule has 108 valence electrons. The van der Waals surface area contributed by atoms with Crippen molar-refractivity contribution in [3.05, 3.63) is 11.4 Å². The molecule has 0 aliphatic carbocycles. The second-order valence-corrected chi connectivity index (χ2v) is 6.52. The number of rotatable bonds is 5. The van der Waals surface area contributed by atoms with Gasteiger partial charge in [-0.1, -0.05) is 13.8 Å². The van der Waals surface area contributed by atoms with Crippen molar-refractivity contribution in [2.24, 2.45) is 7.05 Å². The van der Waals surface area contributed by atoms with Gasteiger partial charge >= 0.3 is 0 Å². The van der Waals surface area contributed by atoms with Crippen LogP contribution in [0, 0.1) is 0 Å². The van der Waals surface area contributed by atoms with E-state index in [1.807, 2.05) is 13.8 Å². The highest BCUT2D eigenvalue weighted by Crippen LogP contribution is 2.22. The first-order valence-electron chi connectivity index (χ1n) is 6.77. The highest BCUT2D eigenvalue weighted by molar-refractivity contribution is 7.89. The second-order valence-electron chi connectivity index (χ2n) is 4.86. The van der Waals surface area contributed by atoms with Gasteiger partial charge in [0, 0.05) is 19.6 Å². The Morgan fingerprint density at radius 1 is 1.42 bits per heavy atom. The molecule has 6 nitrogen and oxygen atoms in total. The molecule has 7 heteroatoms. The van der Waals surface area contributed by atoms with Gasteiger partial charge in [-0.05, 0) is 25.8 Å². The number of aryl methyl sites for hydroxylation is 2. The molecule has 0 radical (unpaired) electrons. The Morgan fingerprint density at radius 2 is 2.16 bits per heavy atom. The quantitative estimate of drug-likeness (QED) is 0.810. The monoisotopic (exact) mass is 286 g/mol. The maximum Gasteiger partial charge on any atom is 0.244 e. The van der Waals surface area contributed by atoms with E-state index < -0.39 is 10.0 Å². The minimum atomic E-state index is -3.48. The van der Waals surface area contributed by atoms with Crippen molar-refractivity contribution < 1.29 is 8.42 Å². The van der Waals surface area contributed by atoms with Crippen molar-refractivity contribution in [2.45, 2.75) is 44.0 Å². The average molecular weight is 286 g/mol. The van der Waals surface area contributed by atoms with Crippen LogP contribution in [0.4, 0.5) is 0 Å². The van der Waals surface area contributed by atoms with Crippen molar-refractivity contribution in [2.75, 3.05) is 13.1 Å². The zero-order valence-electron chi connectivity index (χ0n) is 11.7. The molecule has 19 heavy (non-hydrogen) atoms. The van der Waals surface area contributed by atoms with Gasteiger partial charge in [0.05, 0.1) is 11.4 Å². The third-order valence-corrected chi connectivity index (χ3v) is 5.16. The Labute approximate surface area is 114 Å². The summed E-state index contributed by atoms with van der Waals surface area (Å²) in [6.45, 7) is 5.44. The topological polar surface area (TPSA) is 76.0 Å². The number of hydrogen-bond acceptors (Lipinski definition) is 4. The largest absolute Gasteiger partial charge is 0.315 e. The number of hydrogen-bond donors (Lipinski definition) is 2. The second kappa shape index (κ2) is 5.60. The molecule has 1 saturated heterocycles. The number of sulfonamides is 1. The summed E-state index contributed by atoms with van der Waals surface area (Å²) < 4.78 is 29.6. The van der Waals surface area contributed by atoms with E-state index in [4.69, 9.17) is 0 Å². The lowest BCUT2D eigenvalue weighted by Crippen LogP contribution is -2.36. The molecule has 1 fully saturated rings. The molecule has 0 bridgehead atoms. The Morgan fingerprint density at radius 3 is 2.68 bits per heavy atom. The van der Waals surface area contributed by atoms with Crippen LogP contribution in [-0.4, -0.2) is 37.3 Å². The first kappa shape index (κ1) is 14.5. The molecule has 1 aromatic rings. The van der Waals surface area contributed by atoms with Crippen molar-refractivity contribution in [3.8, 4) is 0 Å². The molecule has 2 N–H and O–H groups in total. The smallest absolute Gasteiger partial charge is 0.244 e. The molecule has 0 saturated carbocycles. The summed E-state index contributed by atoms with van der Waals surface area (Å²) in [5, 5.41) is 7.48. The van der Waals surface area contributed by atoms with Gasteiger partial charge in [0.2, 0.25) is 10.0 Å². The fourth-order valence-electron chi connectivity index (χ4n) is 2.56. The van der Waals surface area contributed by atoms with Crippen LogP contribution in [0.25, 0.3) is 0 Å². The van der Waals surface area contributed by atoms with E-state index in [2.05, 4.69) is 15.1 Å². The lowest BCUT2D eigenvalue weighted by atomic mass is 10.2. The van der Waals surface area contributed by atoms with Crippen LogP contribution < -0.4 is 10.0 Å². The van der Waals surface area contributed by atoms with Crippen LogP contribution in [-0.2, 0) is 29.9 Å². The van der Waals surface area contributed by atoms with Crippen LogP contribution in [0.15, 0.2) is 4.90 Å². The predicted octanol–water partition coefficient (Wildman–Crippen LogP) is 0.185. The fraction of sp³-hybridized carbons (Fsp3) is 0.750. The lowest BCUT2D eigenvalue weighted by Gasteiger charge is -2.13. The minimum Gasteiger partial charge on any atom is -0.315 e. The molecule has 0 aromatic carbocycles. The van der Waals surface area contributed by atoms with E-state index in [1.165, 1.54) is 0 Å². The van der Waals surface area contributed by atoms with Crippen LogP contribution in [0.5, 0.6) is 0 Å². The number of aromatic nitrogens is 2. The van der Waals surface area contributed by atoms with Gasteiger partial charge < -0.3 is 5.32 Å². The SMILES string of the molecule is CCc1nn(C)c(CC)c1S(=O)(=O)NC1CCNC1. The highest BCUT2D eigenvalue weighted by Gasteiger charge is 2.29. The Balaban J connectivity index is 2.38. The fourth-order valence-corrected chi connectivity index (χ4v) is 4.40. The summed E-state index contributed by atoms with van der Waals surface area (Å²) in [6.07, 6.45) is 2.11. The van der Waals surface area contributed by atoms with Crippen LogP contribution in [0.1, 0.15) is 31.7 Å². The Bertz CT molecular complexity index is 544. The third-order valence-electron chi connectivity index (χ3n) is 3.51. The van der Waals surface area contributed by atoms with Crippen LogP contribution in [0.2, 0.25) is 0 Å². The van der Waals surface area contributed by atoms with Gasteiger partial charge in [0.1, 0.15) is 4.90 Å². The molecule has 0 spiro atoms. The van der Waals surface area contributed by atoms with Gasteiger partial charge in [0.15, 0.2) is 0 Å². The predicted molar refractivity (Wildman–Crippen MR) is 73.6 cm³/mol. The first-order valence-corrected chi connectivity index (χ1v) is 8.25. The molecular formula is C12H22N4O2S. The molecule has 1 aliphatic rings.